The van der Waals surface area contributed by atoms with Gasteiger partial charge in [-0.15, -0.1) is 0 Å². The van der Waals surface area contributed by atoms with Crippen LogP contribution in [0.1, 0.15) is 37.0 Å². The summed E-state index contributed by atoms with van der Waals surface area (Å²) in [7, 11) is -3.53. The van der Waals surface area contributed by atoms with Crippen LogP contribution >= 0.6 is 11.6 Å². The molecular formula is C19H23ClN2O3S. The summed E-state index contributed by atoms with van der Waals surface area (Å²) in [4.78, 5) is 12.5. The minimum Gasteiger partial charge on any atom is -0.322 e. The highest BCUT2D eigenvalue weighted by atomic mass is 35.5. The van der Waals surface area contributed by atoms with Gasteiger partial charge < -0.3 is 5.32 Å². The summed E-state index contributed by atoms with van der Waals surface area (Å²) in [5.41, 5.74) is 0.956. The molecule has 0 spiro atoms. The lowest BCUT2D eigenvalue weighted by atomic mass is 10.2. The van der Waals surface area contributed by atoms with Gasteiger partial charge in [0.2, 0.25) is 10.0 Å². The minimum absolute atomic E-state index is 0.222. The molecule has 2 rings (SSSR count). The number of amides is 1. The van der Waals surface area contributed by atoms with Crippen LogP contribution in [-0.2, 0) is 10.0 Å². The van der Waals surface area contributed by atoms with E-state index < -0.39 is 10.0 Å². The molecule has 2 aromatic carbocycles. The van der Waals surface area contributed by atoms with Crippen LogP contribution < -0.4 is 5.32 Å². The lowest BCUT2D eigenvalue weighted by Crippen LogP contribution is -2.32. The zero-order valence-corrected chi connectivity index (χ0v) is 16.5. The number of rotatable bonds is 8. The van der Waals surface area contributed by atoms with Gasteiger partial charge in [-0.05, 0) is 55.3 Å². The highest BCUT2D eigenvalue weighted by molar-refractivity contribution is 7.89. The number of carbonyl (C=O) groups excluding carboxylic acids is 1. The molecule has 0 aromatic heterocycles. The van der Waals surface area contributed by atoms with E-state index in [0.29, 0.717) is 29.4 Å². The number of hydrogen-bond donors (Lipinski definition) is 1. The molecule has 1 N–H and O–H groups in total. The van der Waals surface area contributed by atoms with Crippen LogP contribution in [0, 0.1) is 0 Å². The van der Waals surface area contributed by atoms with Crippen molar-refractivity contribution < 1.29 is 13.2 Å². The molecule has 140 valence electrons. The molecule has 2 aromatic rings. The van der Waals surface area contributed by atoms with E-state index in [1.165, 1.54) is 16.4 Å². The Labute approximate surface area is 160 Å². The predicted octanol–water partition coefficient (Wildman–Crippen LogP) is 4.40. The third-order valence-corrected chi connectivity index (χ3v) is 5.93. The van der Waals surface area contributed by atoms with E-state index >= 15 is 0 Å². The maximum atomic E-state index is 12.7. The van der Waals surface area contributed by atoms with Gasteiger partial charge in [-0.25, -0.2) is 8.42 Å². The van der Waals surface area contributed by atoms with Crippen molar-refractivity contribution in [2.24, 2.45) is 0 Å². The summed E-state index contributed by atoms with van der Waals surface area (Å²) in [6, 6.07) is 12.8. The number of halogens is 1. The number of nitrogens with zero attached hydrogens (tertiary/aromatic N) is 1. The van der Waals surface area contributed by atoms with Gasteiger partial charge in [0.05, 0.1) is 4.90 Å². The lowest BCUT2D eigenvalue weighted by Gasteiger charge is -2.21. The molecule has 0 bridgehead atoms. The van der Waals surface area contributed by atoms with Crippen molar-refractivity contribution in [1.29, 1.82) is 0 Å². The number of anilines is 1. The third-order valence-electron chi connectivity index (χ3n) is 3.78. The smallest absolute Gasteiger partial charge is 0.255 e. The summed E-state index contributed by atoms with van der Waals surface area (Å²) in [6.45, 7) is 4.88. The first-order valence-corrected chi connectivity index (χ1v) is 10.4. The molecule has 0 fully saturated rings. The highest BCUT2D eigenvalue weighted by Gasteiger charge is 2.22. The van der Waals surface area contributed by atoms with Crippen molar-refractivity contribution in [2.75, 3.05) is 18.4 Å². The fourth-order valence-electron chi connectivity index (χ4n) is 2.54. The first kappa shape index (κ1) is 20.4. The van der Waals surface area contributed by atoms with E-state index in [1.807, 2.05) is 13.8 Å². The van der Waals surface area contributed by atoms with Crippen molar-refractivity contribution in [3.63, 3.8) is 0 Å². The van der Waals surface area contributed by atoms with Crippen molar-refractivity contribution in [3.8, 4) is 0 Å². The van der Waals surface area contributed by atoms with Crippen LogP contribution in [0.4, 0.5) is 5.69 Å². The normalized spacial score (nSPS) is 11.5. The van der Waals surface area contributed by atoms with E-state index in [2.05, 4.69) is 5.32 Å². The molecule has 0 radical (unpaired) electrons. The van der Waals surface area contributed by atoms with Gasteiger partial charge in [0.15, 0.2) is 0 Å². The molecule has 0 saturated carbocycles. The number of nitrogens with one attached hydrogen (secondary N) is 1. The average Bonchev–Trinajstić information content (AvgIpc) is 2.62. The van der Waals surface area contributed by atoms with E-state index in [1.54, 1.807) is 36.4 Å². The van der Waals surface area contributed by atoms with Crippen molar-refractivity contribution in [3.05, 3.63) is 59.1 Å². The topological polar surface area (TPSA) is 66.5 Å². The molecule has 5 nitrogen and oxygen atoms in total. The summed E-state index contributed by atoms with van der Waals surface area (Å²) in [5.74, 6) is -0.304. The van der Waals surface area contributed by atoms with E-state index in [-0.39, 0.29) is 10.8 Å². The van der Waals surface area contributed by atoms with Gasteiger partial charge in [0, 0.05) is 29.4 Å². The number of sulfonamides is 1. The summed E-state index contributed by atoms with van der Waals surface area (Å²) < 4.78 is 26.9. The maximum absolute atomic E-state index is 12.7. The molecule has 0 atom stereocenters. The van der Waals surface area contributed by atoms with Crippen LogP contribution in [0.15, 0.2) is 53.4 Å². The molecule has 7 heteroatoms. The molecular weight excluding hydrogens is 372 g/mol. The van der Waals surface area contributed by atoms with Crippen LogP contribution in [-0.4, -0.2) is 31.7 Å². The largest absolute Gasteiger partial charge is 0.322 e. The summed E-state index contributed by atoms with van der Waals surface area (Å²) in [5, 5.41) is 3.22. The molecule has 1 amide bonds. The molecule has 0 heterocycles. The molecule has 26 heavy (non-hydrogen) atoms. The number of benzene rings is 2. The second kappa shape index (κ2) is 9.16. The Hall–Kier alpha value is -1.89. The number of hydrogen-bond acceptors (Lipinski definition) is 3. The van der Waals surface area contributed by atoms with Gasteiger partial charge in [0.25, 0.3) is 5.91 Å². The van der Waals surface area contributed by atoms with E-state index in [9.17, 15) is 13.2 Å². The third kappa shape index (κ3) is 5.06. The Morgan fingerprint density at radius 2 is 1.65 bits per heavy atom. The quantitative estimate of drug-likeness (QED) is 0.721. The Morgan fingerprint density at radius 3 is 2.19 bits per heavy atom. The van der Waals surface area contributed by atoms with Crippen LogP contribution in [0.5, 0.6) is 0 Å². The number of carbonyl (C=O) groups is 1. The first-order chi connectivity index (χ1) is 12.4. The second-order valence-corrected chi connectivity index (χ2v) is 8.27. The monoisotopic (exact) mass is 394 g/mol. The van der Waals surface area contributed by atoms with Crippen molar-refractivity contribution in [1.82, 2.24) is 4.31 Å². The second-order valence-electron chi connectivity index (χ2n) is 5.89. The summed E-state index contributed by atoms with van der Waals surface area (Å²) in [6.07, 6.45) is 1.51. The lowest BCUT2D eigenvalue weighted by molar-refractivity contribution is 0.102. The van der Waals surface area contributed by atoms with Crippen LogP contribution in [0.25, 0.3) is 0 Å². The zero-order chi connectivity index (χ0) is 19.2. The Bertz CT molecular complexity index is 845. The van der Waals surface area contributed by atoms with Gasteiger partial charge in [-0.2, -0.15) is 4.31 Å². The van der Waals surface area contributed by atoms with E-state index in [4.69, 9.17) is 11.6 Å². The fourth-order valence-corrected chi connectivity index (χ4v) is 4.36. The van der Waals surface area contributed by atoms with Crippen molar-refractivity contribution in [2.45, 2.75) is 31.6 Å². The average molecular weight is 395 g/mol. The van der Waals surface area contributed by atoms with Crippen LogP contribution in [0.3, 0.4) is 0 Å². The maximum Gasteiger partial charge on any atom is 0.255 e. The molecule has 0 aliphatic carbocycles. The van der Waals surface area contributed by atoms with Gasteiger partial charge in [0.1, 0.15) is 0 Å². The Morgan fingerprint density at radius 1 is 1.04 bits per heavy atom. The molecule has 0 aliphatic heterocycles. The fraction of sp³-hybridized carbons (Fsp3) is 0.316. The van der Waals surface area contributed by atoms with Crippen molar-refractivity contribution >= 4 is 33.2 Å². The van der Waals surface area contributed by atoms with Gasteiger partial charge in [-0.3, -0.25) is 4.79 Å². The highest BCUT2D eigenvalue weighted by Crippen LogP contribution is 2.20. The minimum atomic E-state index is -3.53. The summed E-state index contributed by atoms with van der Waals surface area (Å²) >= 11 is 5.89. The van der Waals surface area contributed by atoms with E-state index in [0.717, 1.165) is 12.8 Å². The Kier molecular flexibility index (Phi) is 7.20. The van der Waals surface area contributed by atoms with Gasteiger partial charge in [-0.1, -0.05) is 31.5 Å². The van der Waals surface area contributed by atoms with Gasteiger partial charge >= 0.3 is 0 Å². The zero-order valence-electron chi connectivity index (χ0n) is 14.9. The standard InChI is InChI=1S/C19H23ClN2O3S/c1-3-12-22(13-4-2)26(24,25)18-10-8-17(9-11-18)21-19(23)15-6-5-7-16(20)14-15/h5-11,14H,3-4,12-13H2,1-2H3,(H,21,23). The predicted molar refractivity (Wildman–Crippen MR) is 105 cm³/mol. The Balaban J connectivity index is 2.15. The molecule has 0 saturated heterocycles. The van der Waals surface area contributed by atoms with Crippen LogP contribution in [0.2, 0.25) is 5.02 Å². The molecule has 0 aliphatic rings. The first-order valence-electron chi connectivity index (χ1n) is 8.55. The SMILES string of the molecule is CCCN(CCC)S(=O)(=O)c1ccc(NC(=O)c2cccc(Cl)c2)cc1. The molecule has 0 unspecified atom stereocenters.